The largest absolute Gasteiger partial charge is 0.399 e. The highest BCUT2D eigenvalue weighted by molar-refractivity contribution is 7.91. The second kappa shape index (κ2) is 4.31. The van der Waals surface area contributed by atoms with Crippen molar-refractivity contribution in [2.24, 2.45) is 5.73 Å². The molecule has 0 unspecified atom stereocenters. The number of anilines is 1. The van der Waals surface area contributed by atoms with Gasteiger partial charge < -0.3 is 11.5 Å². The van der Waals surface area contributed by atoms with Crippen LogP contribution < -0.4 is 11.5 Å². The summed E-state index contributed by atoms with van der Waals surface area (Å²) in [6.45, 7) is 0. The highest BCUT2D eigenvalue weighted by atomic mass is 32.2. The van der Waals surface area contributed by atoms with Crippen LogP contribution in [-0.4, -0.2) is 20.1 Å². The first-order valence-corrected chi connectivity index (χ1v) is 6.04. The number of nitrogens with two attached hydrogens (primary N) is 2. The topological polar surface area (TPSA) is 103 Å². The number of hydrogen-bond donors (Lipinski definition) is 2. The highest BCUT2D eigenvalue weighted by Crippen LogP contribution is 2.09. The Kier molecular flexibility index (Phi) is 3.31. The molecule has 0 aromatic heterocycles. The molecule has 1 rings (SSSR count). The van der Waals surface area contributed by atoms with E-state index < -0.39 is 21.5 Å². The van der Waals surface area contributed by atoms with Gasteiger partial charge in [-0.1, -0.05) is 12.1 Å². The Morgan fingerprint density at radius 1 is 1.20 bits per heavy atom. The van der Waals surface area contributed by atoms with Crippen molar-refractivity contribution in [1.82, 2.24) is 0 Å². The van der Waals surface area contributed by atoms with Gasteiger partial charge in [0.05, 0.1) is 5.75 Å². The molecule has 15 heavy (non-hydrogen) atoms. The van der Waals surface area contributed by atoms with E-state index in [1.165, 1.54) is 0 Å². The molecule has 1 aromatic rings. The van der Waals surface area contributed by atoms with E-state index in [1.54, 1.807) is 24.3 Å². The fourth-order valence-corrected chi connectivity index (χ4v) is 2.37. The van der Waals surface area contributed by atoms with Crippen LogP contribution in [0.25, 0.3) is 0 Å². The quantitative estimate of drug-likeness (QED) is 0.688. The maximum Gasteiger partial charge on any atom is 0.232 e. The van der Waals surface area contributed by atoms with Crippen LogP contribution in [0.3, 0.4) is 0 Å². The van der Waals surface area contributed by atoms with Crippen LogP contribution in [0.5, 0.6) is 0 Å². The molecule has 6 heteroatoms. The lowest BCUT2D eigenvalue weighted by atomic mass is 10.2. The number of amides is 1. The monoisotopic (exact) mass is 228 g/mol. The van der Waals surface area contributed by atoms with Gasteiger partial charge in [-0.2, -0.15) is 0 Å². The number of hydrogen-bond acceptors (Lipinski definition) is 4. The van der Waals surface area contributed by atoms with Crippen LogP contribution in [0.4, 0.5) is 5.69 Å². The van der Waals surface area contributed by atoms with Gasteiger partial charge in [0.15, 0.2) is 9.84 Å². The van der Waals surface area contributed by atoms with E-state index in [9.17, 15) is 13.2 Å². The Morgan fingerprint density at radius 2 is 1.73 bits per heavy atom. The van der Waals surface area contributed by atoms with Crippen molar-refractivity contribution in [3.8, 4) is 0 Å². The van der Waals surface area contributed by atoms with Crippen LogP contribution in [-0.2, 0) is 20.4 Å². The number of primary amides is 1. The number of benzene rings is 1. The number of rotatable bonds is 4. The molecule has 0 radical (unpaired) electrons. The van der Waals surface area contributed by atoms with Gasteiger partial charge >= 0.3 is 0 Å². The summed E-state index contributed by atoms with van der Waals surface area (Å²) in [4.78, 5) is 10.5. The predicted octanol–water partition coefficient (Wildman–Crippen LogP) is -0.331. The van der Waals surface area contributed by atoms with E-state index in [0.29, 0.717) is 11.3 Å². The lowest BCUT2D eigenvalue weighted by Gasteiger charge is -2.02. The number of nitrogen functional groups attached to an aromatic ring is 1. The zero-order chi connectivity index (χ0) is 11.5. The average molecular weight is 228 g/mol. The van der Waals surface area contributed by atoms with Crippen LogP contribution in [0, 0.1) is 0 Å². The molecule has 0 atom stereocenters. The van der Waals surface area contributed by atoms with Crippen molar-refractivity contribution in [3.63, 3.8) is 0 Å². The van der Waals surface area contributed by atoms with E-state index in [0.717, 1.165) is 0 Å². The Bertz CT molecular complexity index is 451. The van der Waals surface area contributed by atoms with Crippen LogP contribution in [0.15, 0.2) is 24.3 Å². The molecule has 0 saturated heterocycles. The molecule has 0 heterocycles. The number of carbonyl (C=O) groups is 1. The van der Waals surface area contributed by atoms with Crippen molar-refractivity contribution in [3.05, 3.63) is 29.8 Å². The van der Waals surface area contributed by atoms with Crippen molar-refractivity contribution in [2.75, 3.05) is 11.5 Å². The summed E-state index contributed by atoms with van der Waals surface area (Å²) in [5.41, 5.74) is 11.4. The maximum atomic E-state index is 11.4. The lowest BCUT2D eigenvalue weighted by molar-refractivity contribution is -0.115. The molecule has 1 aromatic carbocycles. The Balaban J connectivity index is 2.78. The summed E-state index contributed by atoms with van der Waals surface area (Å²) in [5.74, 6) is -1.67. The van der Waals surface area contributed by atoms with E-state index in [4.69, 9.17) is 11.5 Å². The Labute approximate surface area is 88.0 Å². The zero-order valence-electron chi connectivity index (χ0n) is 8.01. The lowest BCUT2D eigenvalue weighted by Crippen LogP contribution is -2.24. The van der Waals surface area contributed by atoms with Gasteiger partial charge in [-0.05, 0) is 17.7 Å². The average Bonchev–Trinajstić information content (AvgIpc) is 2.06. The third-order valence-electron chi connectivity index (χ3n) is 1.73. The molecule has 4 N–H and O–H groups in total. The van der Waals surface area contributed by atoms with Crippen LogP contribution in [0.2, 0.25) is 0 Å². The molecule has 0 bridgehead atoms. The molecule has 1 amide bonds. The van der Waals surface area contributed by atoms with Crippen LogP contribution >= 0.6 is 0 Å². The van der Waals surface area contributed by atoms with Gasteiger partial charge in [0.25, 0.3) is 0 Å². The molecule has 0 aliphatic heterocycles. The standard InChI is InChI=1S/C9H12N2O3S/c10-8-3-1-7(2-4-8)5-15(13,14)6-9(11)12/h1-4H,5-6,10H2,(H2,11,12). The summed E-state index contributed by atoms with van der Waals surface area (Å²) in [6, 6.07) is 6.42. The molecule has 0 spiro atoms. The van der Waals surface area contributed by atoms with E-state index >= 15 is 0 Å². The second-order valence-electron chi connectivity index (χ2n) is 3.24. The van der Waals surface area contributed by atoms with Gasteiger partial charge in [-0.25, -0.2) is 8.42 Å². The van der Waals surface area contributed by atoms with E-state index in [2.05, 4.69) is 0 Å². The highest BCUT2D eigenvalue weighted by Gasteiger charge is 2.14. The van der Waals surface area contributed by atoms with Gasteiger partial charge in [-0.15, -0.1) is 0 Å². The van der Waals surface area contributed by atoms with E-state index in [1.807, 2.05) is 0 Å². The van der Waals surface area contributed by atoms with E-state index in [-0.39, 0.29) is 5.75 Å². The fourth-order valence-electron chi connectivity index (χ4n) is 1.14. The fraction of sp³-hybridized carbons (Fsp3) is 0.222. The van der Waals surface area contributed by atoms with Crippen molar-refractivity contribution in [1.29, 1.82) is 0 Å². The molecular weight excluding hydrogens is 216 g/mol. The first-order chi connectivity index (χ1) is 6.89. The van der Waals surface area contributed by atoms with Gasteiger partial charge in [0, 0.05) is 5.69 Å². The minimum Gasteiger partial charge on any atom is -0.399 e. The summed E-state index contributed by atoms with van der Waals surface area (Å²) in [6.07, 6.45) is 0. The second-order valence-corrected chi connectivity index (χ2v) is 5.30. The third kappa shape index (κ3) is 3.99. The predicted molar refractivity (Wildman–Crippen MR) is 57.5 cm³/mol. The first-order valence-electron chi connectivity index (χ1n) is 4.22. The van der Waals surface area contributed by atoms with Crippen molar-refractivity contribution < 1.29 is 13.2 Å². The first kappa shape index (κ1) is 11.5. The van der Waals surface area contributed by atoms with Crippen molar-refractivity contribution in [2.45, 2.75) is 5.75 Å². The Hall–Kier alpha value is -1.56. The minimum absolute atomic E-state index is 0.198. The molecule has 0 aliphatic rings. The maximum absolute atomic E-state index is 11.4. The molecule has 0 saturated carbocycles. The number of sulfone groups is 1. The summed E-state index contributed by atoms with van der Waals surface area (Å²) >= 11 is 0. The number of carbonyl (C=O) groups excluding carboxylic acids is 1. The summed E-state index contributed by atoms with van der Waals surface area (Å²) in [5, 5.41) is 0. The molecule has 0 aliphatic carbocycles. The molecule has 5 nitrogen and oxygen atoms in total. The normalized spacial score (nSPS) is 11.2. The SMILES string of the molecule is NC(=O)CS(=O)(=O)Cc1ccc(N)cc1. The van der Waals surface area contributed by atoms with Crippen molar-refractivity contribution >= 4 is 21.4 Å². The smallest absolute Gasteiger partial charge is 0.232 e. The zero-order valence-corrected chi connectivity index (χ0v) is 8.83. The summed E-state index contributed by atoms with van der Waals surface area (Å²) in [7, 11) is -3.46. The molecule has 0 fully saturated rings. The Morgan fingerprint density at radius 3 is 2.20 bits per heavy atom. The summed E-state index contributed by atoms with van der Waals surface area (Å²) < 4.78 is 22.7. The van der Waals surface area contributed by atoms with Crippen LogP contribution in [0.1, 0.15) is 5.56 Å². The molecule has 82 valence electrons. The third-order valence-corrected chi connectivity index (χ3v) is 3.23. The van der Waals surface area contributed by atoms with Gasteiger partial charge in [0.2, 0.25) is 5.91 Å². The van der Waals surface area contributed by atoms with Gasteiger partial charge in [-0.3, -0.25) is 4.79 Å². The molecular formula is C9H12N2O3S. The van der Waals surface area contributed by atoms with Gasteiger partial charge in [0.1, 0.15) is 5.75 Å². The minimum atomic E-state index is -3.46.